The molecular weight excluding hydrogens is 140 g/mol. The van der Waals surface area contributed by atoms with Crippen LogP contribution in [0.4, 0.5) is 0 Å². The number of nitrogens with one attached hydrogen (secondary N) is 1. The summed E-state index contributed by atoms with van der Waals surface area (Å²) in [4.78, 5) is 10.2. The third-order valence-corrected chi connectivity index (χ3v) is 1.26. The first-order valence-corrected chi connectivity index (χ1v) is 3.76. The molecule has 0 aromatic carbocycles. The minimum atomic E-state index is -0.281. The van der Waals surface area contributed by atoms with E-state index in [1.807, 2.05) is 0 Å². The summed E-state index contributed by atoms with van der Waals surface area (Å²) in [5.74, 6) is -0.281. The molecule has 0 atom stereocenters. The second-order valence-electron chi connectivity index (χ2n) is 2.35. The number of rotatable bonds is 6. The Kier molecular flexibility index (Phi) is 11.2. The molecule has 0 bridgehead atoms. The molecule has 0 unspecified atom stereocenters. The lowest BCUT2D eigenvalue weighted by Crippen LogP contribution is -2.29. The number of carbonyl (C=O) groups is 1. The van der Waals surface area contributed by atoms with Crippen LogP contribution >= 0.6 is 0 Å². The Morgan fingerprint density at radius 1 is 1.45 bits per heavy atom. The van der Waals surface area contributed by atoms with Gasteiger partial charge < -0.3 is 11.1 Å². The molecule has 0 fully saturated rings. The third-order valence-electron chi connectivity index (χ3n) is 1.26. The zero-order valence-corrected chi connectivity index (χ0v) is 6.52. The summed E-state index contributed by atoms with van der Waals surface area (Å²) < 4.78 is 0. The van der Waals surface area contributed by atoms with E-state index in [-0.39, 0.29) is 13.3 Å². The van der Waals surface area contributed by atoms with Crippen LogP contribution in [0.25, 0.3) is 0 Å². The van der Waals surface area contributed by atoms with E-state index in [0.717, 1.165) is 13.0 Å². The summed E-state index contributed by atoms with van der Waals surface area (Å²) in [6, 6.07) is 0. The van der Waals surface area contributed by atoms with Crippen molar-refractivity contribution in [2.45, 2.75) is 33.6 Å². The van der Waals surface area contributed by atoms with Gasteiger partial charge >= 0.3 is 0 Å². The summed E-state index contributed by atoms with van der Waals surface area (Å²) in [6.45, 7) is 3.36. The molecule has 0 saturated carbocycles. The highest BCUT2D eigenvalue weighted by molar-refractivity contribution is 5.75. The lowest BCUT2D eigenvalue weighted by Gasteiger charge is -1.99. The standard InChI is InChI=1S/C7H16N2O.CH4/c1-2-3-4-5-9-6-7(8)10;/h9H,2-6H2,1H3,(H2,8,10);1H4. The van der Waals surface area contributed by atoms with Gasteiger partial charge in [0.1, 0.15) is 0 Å². The number of nitrogens with two attached hydrogens (primary N) is 1. The first kappa shape index (κ1) is 13.1. The largest absolute Gasteiger partial charge is 0.369 e. The quantitative estimate of drug-likeness (QED) is 0.567. The van der Waals surface area contributed by atoms with Gasteiger partial charge in [-0.2, -0.15) is 0 Å². The second kappa shape index (κ2) is 9.43. The number of hydrogen-bond donors (Lipinski definition) is 2. The smallest absolute Gasteiger partial charge is 0.231 e. The van der Waals surface area contributed by atoms with E-state index < -0.39 is 0 Å². The van der Waals surface area contributed by atoms with Crippen molar-refractivity contribution < 1.29 is 4.79 Å². The summed E-state index contributed by atoms with van der Waals surface area (Å²) in [5, 5.41) is 2.95. The summed E-state index contributed by atoms with van der Waals surface area (Å²) >= 11 is 0. The van der Waals surface area contributed by atoms with Crippen molar-refractivity contribution in [3.63, 3.8) is 0 Å². The lowest BCUT2D eigenvalue weighted by molar-refractivity contribution is -0.117. The maximum atomic E-state index is 10.2. The number of unbranched alkanes of at least 4 members (excludes halogenated alkanes) is 2. The van der Waals surface area contributed by atoms with Crippen LogP contribution < -0.4 is 11.1 Å². The highest BCUT2D eigenvalue weighted by atomic mass is 16.1. The van der Waals surface area contributed by atoms with Crippen LogP contribution in [-0.4, -0.2) is 19.0 Å². The van der Waals surface area contributed by atoms with Gasteiger partial charge in [-0.1, -0.05) is 27.2 Å². The van der Waals surface area contributed by atoms with E-state index >= 15 is 0 Å². The maximum absolute atomic E-state index is 10.2. The number of primary amides is 1. The first-order valence-electron chi connectivity index (χ1n) is 3.76. The highest BCUT2D eigenvalue weighted by Gasteiger charge is 1.90. The Labute approximate surface area is 69.4 Å². The Hall–Kier alpha value is -0.570. The molecular formula is C8H20N2O. The van der Waals surface area contributed by atoms with E-state index in [2.05, 4.69) is 12.2 Å². The van der Waals surface area contributed by atoms with Gasteiger partial charge in [-0.25, -0.2) is 0 Å². The first-order chi connectivity index (χ1) is 4.77. The zero-order valence-electron chi connectivity index (χ0n) is 6.52. The zero-order chi connectivity index (χ0) is 7.82. The molecule has 0 heterocycles. The molecule has 3 nitrogen and oxygen atoms in total. The minimum absolute atomic E-state index is 0. The Morgan fingerprint density at radius 3 is 2.55 bits per heavy atom. The molecule has 3 N–H and O–H groups in total. The van der Waals surface area contributed by atoms with Crippen LogP contribution in [0.2, 0.25) is 0 Å². The third kappa shape index (κ3) is 12.6. The van der Waals surface area contributed by atoms with Gasteiger partial charge in [0.15, 0.2) is 0 Å². The molecule has 0 radical (unpaired) electrons. The van der Waals surface area contributed by atoms with Gasteiger partial charge in [0, 0.05) is 0 Å². The molecule has 11 heavy (non-hydrogen) atoms. The van der Waals surface area contributed by atoms with E-state index in [9.17, 15) is 4.79 Å². The molecule has 3 heteroatoms. The predicted molar refractivity (Wildman–Crippen MR) is 48.3 cm³/mol. The highest BCUT2D eigenvalue weighted by Crippen LogP contribution is 1.90. The normalized spacial score (nSPS) is 8.82. The molecule has 0 aliphatic carbocycles. The van der Waals surface area contributed by atoms with Crippen molar-refractivity contribution in [3.05, 3.63) is 0 Å². The fourth-order valence-electron chi connectivity index (χ4n) is 0.712. The average molecular weight is 160 g/mol. The van der Waals surface area contributed by atoms with Gasteiger partial charge in [-0.05, 0) is 13.0 Å². The van der Waals surface area contributed by atoms with Gasteiger partial charge in [0.05, 0.1) is 6.54 Å². The van der Waals surface area contributed by atoms with Crippen LogP contribution in [0.3, 0.4) is 0 Å². The number of amides is 1. The number of carbonyl (C=O) groups excluding carboxylic acids is 1. The molecule has 68 valence electrons. The summed E-state index contributed by atoms with van der Waals surface area (Å²) in [6.07, 6.45) is 3.55. The van der Waals surface area contributed by atoms with Crippen LogP contribution in [-0.2, 0) is 4.79 Å². The topological polar surface area (TPSA) is 55.1 Å². The van der Waals surface area contributed by atoms with Gasteiger partial charge in [-0.15, -0.1) is 0 Å². The van der Waals surface area contributed by atoms with Crippen molar-refractivity contribution >= 4 is 5.91 Å². The summed E-state index contributed by atoms with van der Waals surface area (Å²) in [5.41, 5.74) is 4.91. The molecule has 0 aromatic rings. The van der Waals surface area contributed by atoms with Crippen LogP contribution in [0.15, 0.2) is 0 Å². The fourth-order valence-corrected chi connectivity index (χ4v) is 0.712. The second-order valence-corrected chi connectivity index (χ2v) is 2.35. The van der Waals surface area contributed by atoms with Gasteiger partial charge in [-0.3, -0.25) is 4.79 Å². The molecule has 0 aliphatic heterocycles. The SMILES string of the molecule is C.CCCCCNCC(N)=O. The molecule has 0 aromatic heterocycles. The average Bonchev–Trinajstić information content (AvgIpc) is 1.87. The van der Waals surface area contributed by atoms with Crippen LogP contribution in [0, 0.1) is 0 Å². The van der Waals surface area contributed by atoms with Crippen molar-refractivity contribution in [1.82, 2.24) is 5.32 Å². The van der Waals surface area contributed by atoms with Crippen molar-refractivity contribution in [3.8, 4) is 0 Å². The fraction of sp³-hybridized carbons (Fsp3) is 0.875. The van der Waals surface area contributed by atoms with Crippen LogP contribution in [0.1, 0.15) is 33.6 Å². The Bertz CT molecular complexity index is 94.1. The number of hydrogen-bond acceptors (Lipinski definition) is 2. The predicted octanol–water partition coefficient (Wildman–Crippen LogP) is 0.888. The Balaban J connectivity index is 0. The van der Waals surface area contributed by atoms with Gasteiger partial charge in [0.25, 0.3) is 0 Å². The minimum Gasteiger partial charge on any atom is -0.369 e. The van der Waals surface area contributed by atoms with E-state index in [4.69, 9.17) is 5.73 Å². The van der Waals surface area contributed by atoms with E-state index in [1.165, 1.54) is 12.8 Å². The van der Waals surface area contributed by atoms with E-state index in [0.29, 0.717) is 6.54 Å². The van der Waals surface area contributed by atoms with E-state index in [1.54, 1.807) is 0 Å². The molecule has 0 saturated heterocycles. The maximum Gasteiger partial charge on any atom is 0.231 e. The van der Waals surface area contributed by atoms with Gasteiger partial charge in [0.2, 0.25) is 5.91 Å². The lowest BCUT2D eigenvalue weighted by atomic mass is 10.2. The summed E-state index contributed by atoms with van der Waals surface area (Å²) in [7, 11) is 0. The molecule has 0 rings (SSSR count). The van der Waals surface area contributed by atoms with Crippen molar-refractivity contribution in [2.24, 2.45) is 5.73 Å². The Morgan fingerprint density at radius 2 is 2.09 bits per heavy atom. The van der Waals surface area contributed by atoms with Crippen molar-refractivity contribution in [1.29, 1.82) is 0 Å². The molecule has 1 amide bonds. The monoisotopic (exact) mass is 160 g/mol. The van der Waals surface area contributed by atoms with Crippen molar-refractivity contribution in [2.75, 3.05) is 13.1 Å². The molecule has 0 spiro atoms. The van der Waals surface area contributed by atoms with Crippen LogP contribution in [0.5, 0.6) is 0 Å². The molecule has 0 aliphatic rings.